The summed E-state index contributed by atoms with van der Waals surface area (Å²) in [6.07, 6.45) is 8.17. The molecule has 2 atom stereocenters. The van der Waals surface area contributed by atoms with Crippen LogP contribution in [0, 0.1) is 11.8 Å². The molecule has 3 nitrogen and oxygen atoms in total. The van der Waals surface area contributed by atoms with Crippen LogP contribution in [0.2, 0.25) is 0 Å². The van der Waals surface area contributed by atoms with E-state index in [9.17, 15) is 4.79 Å². The van der Waals surface area contributed by atoms with E-state index in [2.05, 4.69) is 18.7 Å². The number of nitrogens with zero attached hydrogens (tertiary/aromatic N) is 1. The molecule has 0 aliphatic heterocycles. The molecule has 0 spiro atoms. The summed E-state index contributed by atoms with van der Waals surface area (Å²) < 4.78 is 7.13. The molecule has 3 rings (SSSR count). The molecule has 98 valence electrons. The van der Waals surface area contributed by atoms with Crippen molar-refractivity contribution < 1.29 is 9.21 Å². The molecular formula is C15H15NO2S. The van der Waals surface area contributed by atoms with Crippen LogP contribution < -0.4 is 0 Å². The SMILES string of the molecule is C=CSN(C=O)CC1=CC2CC2C(c2ccco2)=C1. The van der Waals surface area contributed by atoms with Crippen LogP contribution in [0.1, 0.15) is 12.2 Å². The highest BCUT2D eigenvalue weighted by atomic mass is 32.2. The molecule has 1 heterocycles. The van der Waals surface area contributed by atoms with Crippen molar-refractivity contribution in [3.05, 3.63) is 53.9 Å². The highest BCUT2D eigenvalue weighted by Crippen LogP contribution is 2.52. The van der Waals surface area contributed by atoms with Gasteiger partial charge in [0, 0.05) is 0 Å². The predicted octanol–water partition coefficient (Wildman–Crippen LogP) is 3.49. The van der Waals surface area contributed by atoms with Crippen molar-refractivity contribution in [2.75, 3.05) is 6.54 Å². The number of hydrogen-bond donors (Lipinski definition) is 0. The van der Waals surface area contributed by atoms with Crippen LogP contribution in [0.25, 0.3) is 5.57 Å². The molecule has 0 radical (unpaired) electrons. The lowest BCUT2D eigenvalue weighted by atomic mass is 9.97. The van der Waals surface area contributed by atoms with Crippen LogP contribution in [0.5, 0.6) is 0 Å². The minimum atomic E-state index is 0.603. The Morgan fingerprint density at radius 1 is 1.58 bits per heavy atom. The summed E-state index contributed by atoms with van der Waals surface area (Å²) in [5, 5.41) is 1.66. The Kier molecular flexibility index (Phi) is 3.34. The van der Waals surface area contributed by atoms with E-state index < -0.39 is 0 Å². The van der Waals surface area contributed by atoms with Gasteiger partial charge in [-0.3, -0.25) is 9.10 Å². The highest BCUT2D eigenvalue weighted by molar-refractivity contribution is 8.00. The maximum Gasteiger partial charge on any atom is 0.220 e. The van der Waals surface area contributed by atoms with E-state index in [-0.39, 0.29) is 0 Å². The molecule has 1 saturated carbocycles. The topological polar surface area (TPSA) is 33.5 Å². The van der Waals surface area contributed by atoms with Gasteiger partial charge >= 0.3 is 0 Å². The summed E-state index contributed by atoms with van der Waals surface area (Å²) in [5.41, 5.74) is 2.44. The third-order valence-corrected chi connectivity index (χ3v) is 4.11. The number of amides is 1. The molecule has 0 N–H and O–H groups in total. The monoisotopic (exact) mass is 273 g/mol. The Morgan fingerprint density at radius 3 is 3.16 bits per heavy atom. The first-order valence-corrected chi connectivity index (χ1v) is 7.11. The molecule has 1 fully saturated rings. The zero-order valence-corrected chi connectivity index (χ0v) is 11.3. The van der Waals surface area contributed by atoms with Crippen molar-refractivity contribution in [1.29, 1.82) is 0 Å². The molecule has 2 unspecified atom stereocenters. The van der Waals surface area contributed by atoms with Gasteiger partial charge in [-0.05, 0) is 58.9 Å². The summed E-state index contributed by atoms with van der Waals surface area (Å²) >= 11 is 1.32. The first kappa shape index (κ1) is 12.4. The lowest BCUT2D eigenvalue weighted by Crippen LogP contribution is -2.16. The smallest absolute Gasteiger partial charge is 0.220 e. The molecule has 0 saturated heterocycles. The van der Waals surface area contributed by atoms with Crippen LogP contribution in [-0.4, -0.2) is 17.3 Å². The van der Waals surface area contributed by atoms with E-state index in [1.807, 2.05) is 12.1 Å². The van der Waals surface area contributed by atoms with Crippen molar-refractivity contribution in [3.63, 3.8) is 0 Å². The van der Waals surface area contributed by atoms with Crippen molar-refractivity contribution in [1.82, 2.24) is 4.31 Å². The Bertz CT molecular complexity index is 545. The number of rotatable bonds is 6. The largest absolute Gasteiger partial charge is 0.465 e. The molecule has 1 amide bonds. The number of fused-ring (bicyclic) bond motifs is 1. The van der Waals surface area contributed by atoms with E-state index in [4.69, 9.17) is 4.42 Å². The molecular weight excluding hydrogens is 258 g/mol. The Labute approximate surface area is 116 Å². The van der Waals surface area contributed by atoms with Gasteiger partial charge in [0.1, 0.15) is 5.76 Å². The zero-order valence-electron chi connectivity index (χ0n) is 10.5. The summed E-state index contributed by atoms with van der Waals surface area (Å²) in [7, 11) is 0. The number of carbonyl (C=O) groups excluding carboxylic acids is 1. The average Bonchev–Trinajstić information content (AvgIpc) is 2.99. The van der Waals surface area contributed by atoms with Gasteiger partial charge in [0.25, 0.3) is 0 Å². The fourth-order valence-electron chi connectivity index (χ4n) is 2.56. The lowest BCUT2D eigenvalue weighted by Gasteiger charge is -2.17. The molecule has 1 aromatic heterocycles. The van der Waals surface area contributed by atoms with Gasteiger partial charge in [0.15, 0.2) is 0 Å². The minimum Gasteiger partial charge on any atom is -0.465 e. The highest BCUT2D eigenvalue weighted by Gasteiger charge is 2.42. The Balaban J connectivity index is 1.79. The first-order valence-electron chi connectivity index (χ1n) is 6.27. The molecule has 19 heavy (non-hydrogen) atoms. The van der Waals surface area contributed by atoms with Crippen molar-refractivity contribution in [3.8, 4) is 0 Å². The summed E-state index contributed by atoms with van der Waals surface area (Å²) in [6, 6.07) is 3.91. The fourth-order valence-corrected chi connectivity index (χ4v) is 3.02. The Hall–Kier alpha value is -1.68. The summed E-state index contributed by atoms with van der Waals surface area (Å²) in [5.74, 6) is 2.17. The molecule has 0 bridgehead atoms. The maximum atomic E-state index is 11.0. The van der Waals surface area contributed by atoms with E-state index >= 15 is 0 Å². The zero-order chi connectivity index (χ0) is 13.2. The second-order valence-corrected chi connectivity index (χ2v) is 5.79. The predicted molar refractivity (Wildman–Crippen MR) is 76.9 cm³/mol. The van der Waals surface area contributed by atoms with E-state index in [1.54, 1.807) is 16.0 Å². The number of carbonyl (C=O) groups is 1. The van der Waals surface area contributed by atoms with Crippen molar-refractivity contribution in [2.24, 2.45) is 11.8 Å². The van der Waals surface area contributed by atoms with E-state index in [1.165, 1.54) is 29.5 Å². The number of furan rings is 1. The van der Waals surface area contributed by atoms with Crippen molar-refractivity contribution in [2.45, 2.75) is 6.42 Å². The quantitative estimate of drug-likeness (QED) is 0.587. The third-order valence-electron chi connectivity index (χ3n) is 3.48. The van der Waals surface area contributed by atoms with Crippen LogP contribution >= 0.6 is 11.9 Å². The fraction of sp³-hybridized carbons (Fsp3) is 0.267. The molecule has 2 aliphatic rings. The summed E-state index contributed by atoms with van der Waals surface area (Å²) in [6.45, 7) is 4.24. The molecule has 1 aromatic rings. The lowest BCUT2D eigenvalue weighted by molar-refractivity contribution is -0.113. The second kappa shape index (κ2) is 5.13. The van der Waals surface area contributed by atoms with Gasteiger partial charge in [-0.25, -0.2) is 0 Å². The van der Waals surface area contributed by atoms with Crippen LogP contribution in [0.15, 0.2) is 52.5 Å². The second-order valence-electron chi connectivity index (χ2n) is 4.78. The Morgan fingerprint density at radius 2 is 2.47 bits per heavy atom. The number of allylic oxidation sites excluding steroid dienone is 2. The first-order chi connectivity index (χ1) is 9.31. The molecule has 2 aliphatic carbocycles. The van der Waals surface area contributed by atoms with Crippen LogP contribution in [0.3, 0.4) is 0 Å². The van der Waals surface area contributed by atoms with Gasteiger partial charge in [-0.1, -0.05) is 18.7 Å². The average molecular weight is 273 g/mol. The van der Waals surface area contributed by atoms with Gasteiger partial charge < -0.3 is 4.42 Å². The van der Waals surface area contributed by atoms with E-state index in [0.29, 0.717) is 18.4 Å². The van der Waals surface area contributed by atoms with Gasteiger partial charge in [0.2, 0.25) is 6.41 Å². The van der Waals surface area contributed by atoms with Crippen LogP contribution in [0.4, 0.5) is 0 Å². The summed E-state index contributed by atoms with van der Waals surface area (Å²) in [4.78, 5) is 11.0. The minimum absolute atomic E-state index is 0.603. The van der Waals surface area contributed by atoms with Crippen molar-refractivity contribution >= 4 is 23.9 Å². The number of hydrogen-bond acceptors (Lipinski definition) is 3. The molecule has 4 heteroatoms. The van der Waals surface area contributed by atoms with E-state index in [0.717, 1.165) is 12.2 Å². The van der Waals surface area contributed by atoms with Gasteiger partial charge in [-0.15, -0.1) is 0 Å². The van der Waals surface area contributed by atoms with Crippen LogP contribution in [-0.2, 0) is 4.79 Å². The van der Waals surface area contributed by atoms with Gasteiger partial charge in [-0.2, -0.15) is 0 Å². The molecule has 0 aromatic carbocycles. The third kappa shape index (κ3) is 2.54. The maximum absolute atomic E-state index is 11.0. The standard InChI is InChI=1S/C15H15NO2S/c1-2-19-16(10-17)9-11-6-12-8-13(12)14(7-11)15-4-3-5-18-15/h2-7,10,12-13H,1,8-9H2. The normalized spacial score (nSPS) is 24.0. The van der Waals surface area contributed by atoms with Gasteiger partial charge in [0.05, 0.1) is 12.8 Å².